The fourth-order valence-electron chi connectivity index (χ4n) is 0.963. The van der Waals surface area contributed by atoms with Crippen molar-refractivity contribution in [2.75, 3.05) is 18.2 Å². The van der Waals surface area contributed by atoms with E-state index in [0.717, 1.165) is 5.69 Å². The van der Waals surface area contributed by atoms with Crippen LogP contribution < -0.4 is 4.90 Å². The molecule has 0 N–H and O–H groups in total. The van der Waals surface area contributed by atoms with Crippen LogP contribution in [0.1, 0.15) is 0 Å². The summed E-state index contributed by atoms with van der Waals surface area (Å²) in [5.41, 5.74) is 0.913. The molecule has 1 heterocycles. The van der Waals surface area contributed by atoms with Crippen LogP contribution in [0.3, 0.4) is 0 Å². The van der Waals surface area contributed by atoms with Gasteiger partial charge >= 0.3 is 0 Å². The van der Waals surface area contributed by atoms with Crippen LogP contribution in [-0.4, -0.2) is 23.5 Å². The molecule has 1 rings (SSSR count). The summed E-state index contributed by atoms with van der Waals surface area (Å²) in [7, 11) is 1.85. The fourth-order valence-corrected chi connectivity index (χ4v) is 1.47. The molecule has 72 valence electrons. The average Bonchev–Trinajstić information content (AvgIpc) is 2.26. The van der Waals surface area contributed by atoms with Crippen molar-refractivity contribution in [3.8, 4) is 6.19 Å². The maximum atomic E-state index is 8.47. The third-order valence-corrected chi connectivity index (χ3v) is 2.38. The predicted molar refractivity (Wildman–Crippen MR) is 59.2 cm³/mol. The van der Waals surface area contributed by atoms with Gasteiger partial charge in [-0.05, 0) is 18.4 Å². The number of rotatable bonds is 1. The lowest BCUT2D eigenvalue weighted by molar-refractivity contribution is 1.22. The normalized spacial score (nSPS) is 10.8. The van der Waals surface area contributed by atoms with Crippen LogP contribution in [-0.2, 0) is 0 Å². The topological polar surface area (TPSA) is 52.3 Å². The van der Waals surface area contributed by atoms with E-state index in [-0.39, 0.29) is 0 Å². The number of nitrogens with zero attached hydrogens (tertiary/aromatic N) is 4. The molecule has 0 unspecified atom stereocenters. The molecular weight excluding hydrogens is 196 g/mol. The third kappa shape index (κ3) is 2.47. The zero-order valence-corrected chi connectivity index (χ0v) is 8.82. The SMILES string of the molecule is CSC(=NC#N)N(C)c1cccnc1. The molecule has 0 radical (unpaired) electrons. The molecule has 1 aromatic rings. The van der Waals surface area contributed by atoms with E-state index in [4.69, 9.17) is 5.26 Å². The largest absolute Gasteiger partial charge is 0.322 e. The Morgan fingerprint density at radius 3 is 3.00 bits per heavy atom. The summed E-state index contributed by atoms with van der Waals surface area (Å²) in [6, 6.07) is 3.76. The number of hydrogen-bond donors (Lipinski definition) is 0. The lowest BCUT2D eigenvalue weighted by atomic mass is 10.4. The second kappa shape index (κ2) is 5.25. The second-order valence-corrected chi connectivity index (χ2v) is 3.24. The van der Waals surface area contributed by atoms with Crippen molar-refractivity contribution in [3.05, 3.63) is 24.5 Å². The van der Waals surface area contributed by atoms with Gasteiger partial charge in [-0.2, -0.15) is 5.26 Å². The predicted octanol–water partition coefficient (Wildman–Crippen LogP) is 1.72. The number of nitriles is 1. The highest BCUT2D eigenvalue weighted by atomic mass is 32.2. The van der Waals surface area contributed by atoms with Gasteiger partial charge in [0.15, 0.2) is 5.17 Å². The van der Waals surface area contributed by atoms with Crippen LogP contribution >= 0.6 is 11.8 Å². The first-order chi connectivity index (χ1) is 6.79. The molecule has 0 fully saturated rings. The van der Waals surface area contributed by atoms with E-state index < -0.39 is 0 Å². The van der Waals surface area contributed by atoms with Gasteiger partial charge in [-0.15, -0.1) is 4.99 Å². The Bertz CT molecular complexity index is 355. The molecule has 0 saturated carbocycles. The summed E-state index contributed by atoms with van der Waals surface area (Å²) in [5, 5.41) is 9.12. The first-order valence-corrected chi connectivity index (χ1v) is 5.16. The van der Waals surface area contributed by atoms with Crippen molar-refractivity contribution in [1.29, 1.82) is 5.26 Å². The van der Waals surface area contributed by atoms with E-state index in [1.54, 1.807) is 18.6 Å². The van der Waals surface area contributed by atoms with E-state index >= 15 is 0 Å². The zero-order valence-electron chi connectivity index (χ0n) is 8.01. The fraction of sp³-hybridized carbons (Fsp3) is 0.222. The highest BCUT2D eigenvalue weighted by molar-refractivity contribution is 8.13. The molecule has 0 bridgehead atoms. The highest BCUT2D eigenvalue weighted by Crippen LogP contribution is 2.14. The number of hydrogen-bond acceptors (Lipinski definition) is 4. The maximum Gasteiger partial charge on any atom is 0.208 e. The number of aromatic nitrogens is 1. The van der Waals surface area contributed by atoms with Crippen molar-refractivity contribution in [3.63, 3.8) is 0 Å². The summed E-state index contributed by atoms with van der Waals surface area (Å²) in [6.07, 6.45) is 7.08. The number of thioether (sulfide) groups is 1. The van der Waals surface area contributed by atoms with Gasteiger partial charge < -0.3 is 4.90 Å². The van der Waals surface area contributed by atoms with Crippen molar-refractivity contribution >= 4 is 22.6 Å². The van der Waals surface area contributed by atoms with E-state index in [1.165, 1.54) is 11.8 Å². The molecule has 0 atom stereocenters. The van der Waals surface area contributed by atoms with Gasteiger partial charge in [0.2, 0.25) is 6.19 Å². The van der Waals surface area contributed by atoms with Gasteiger partial charge in [-0.1, -0.05) is 11.8 Å². The Morgan fingerprint density at radius 2 is 2.50 bits per heavy atom. The van der Waals surface area contributed by atoms with E-state index in [0.29, 0.717) is 5.17 Å². The Labute approximate surface area is 87.3 Å². The lowest BCUT2D eigenvalue weighted by Gasteiger charge is -2.17. The molecule has 0 saturated heterocycles. The van der Waals surface area contributed by atoms with Crippen LogP contribution in [0.5, 0.6) is 0 Å². The number of pyridine rings is 1. The minimum atomic E-state index is 0.653. The summed E-state index contributed by atoms with van der Waals surface area (Å²) in [5.74, 6) is 0. The molecular formula is C9H10N4S. The molecule has 1 aromatic heterocycles. The number of anilines is 1. The zero-order chi connectivity index (χ0) is 10.4. The first kappa shape index (κ1) is 10.5. The molecule has 0 aliphatic heterocycles. The van der Waals surface area contributed by atoms with Crippen molar-refractivity contribution in [1.82, 2.24) is 4.98 Å². The maximum absolute atomic E-state index is 8.47. The van der Waals surface area contributed by atoms with E-state index in [1.807, 2.05) is 30.3 Å². The third-order valence-electron chi connectivity index (χ3n) is 1.65. The molecule has 0 aliphatic rings. The Balaban J connectivity index is 2.90. The van der Waals surface area contributed by atoms with Crippen LogP contribution in [0.15, 0.2) is 29.5 Å². The summed E-state index contributed by atoms with van der Waals surface area (Å²) in [6.45, 7) is 0. The standard InChI is InChI=1S/C9H10N4S/c1-13(9(14-2)12-7-10)8-4-3-5-11-6-8/h3-6H,1-2H3. The minimum Gasteiger partial charge on any atom is -0.322 e. The molecule has 0 aliphatic carbocycles. The Morgan fingerprint density at radius 1 is 1.71 bits per heavy atom. The van der Waals surface area contributed by atoms with Gasteiger partial charge in [0.1, 0.15) is 0 Å². The second-order valence-electron chi connectivity index (χ2n) is 2.47. The first-order valence-electron chi connectivity index (χ1n) is 3.94. The minimum absolute atomic E-state index is 0.653. The van der Waals surface area contributed by atoms with Crippen LogP contribution in [0.4, 0.5) is 5.69 Å². The van der Waals surface area contributed by atoms with Crippen molar-refractivity contribution < 1.29 is 0 Å². The van der Waals surface area contributed by atoms with Crippen molar-refractivity contribution in [2.45, 2.75) is 0 Å². The van der Waals surface area contributed by atoms with Gasteiger partial charge in [-0.25, -0.2) is 0 Å². The van der Waals surface area contributed by atoms with Crippen LogP contribution in [0, 0.1) is 11.5 Å². The average molecular weight is 206 g/mol. The monoisotopic (exact) mass is 206 g/mol. The Kier molecular flexibility index (Phi) is 3.95. The summed E-state index contributed by atoms with van der Waals surface area (Å²) >= 11 is 1.42. The molecule has 4 nitrogen and oxygen atoms in total. The number of amidine groups is 1. The molecule has 0 amide bonds. The van der Waals surface area contributed by atoms with Crippen LogP contribution in [0.25, 0.3) is 0 Å². The van der Waals surface area contributed by atoms with Gasteiger partial charge in [0.05, 0.1) is 11.9 Å². The summed E-state index contributed by atoms with van der Waals surface area (Å²) in [4.78, 5) is 9.52. The van der Waals surface area contributed by atoms with Gasteiger partial charge in [0.25, 0.3) is 0 Å². The molecule has 14 heavy (non-hydrogen) atoms. The van der Waals surface area contributed by atoms with Crippen molar-refractivity contribution in [2.24, 2.45) is 4.99 Å². The molecule has 0 aromatic carbocycles. The number of aliphatic imine (C=N–C) groups is 1. The quantitative estimate of drug-likeness (QED) is 0.399. The molecule has 0 spiro atoms. The van der Waals surface area contributed by atoms with E-state index in [2.05, 4.69) is 9.98 Å². The van der Waals surface area contributed by atoms with Crippen LogP contribution in [0.2, 0.25) is 0 Å². The molecule has 5 heteroatoms. The summed E-state index contributed by atoms with van der Waals surface area (Å²) < 4.78 is 0. The highest BCUT2D eigenvalue weighted by Gasteiger charge is 2.06. The van der Waals surface area contributed by atoms with Gasteiger partial charge in [-0.3, -0.25) is 4.98 Å². The smallest absolute Gasteiger partial charge is 0.208 e. The van der Waals surface area contributed by atoms with Gasteiger partial charge in [0, 0.05) is 13.2 Å². The Hall–Kier alpha value is -1.54. The van der Waals surface area contributed by atoms with E-state index in [9.17, 15) is 0 Å². The lowest BCUT2D eigenvalue weighted by Crippen LogP contribution is -2.23.